The Morgan fingerprint density at radius 2 is 1.88 bits per heavy atom. The van der Waals surface area contributed by atoms with Crippen molar-refractivity contribution >= 4 is 22.6 Å². The molecule has 1 aliphatic heterocycles. The SMILES string of the molecule is Cc1ccc(NC(=O)Cn2cnc3cc4c(cc32)OCCCO4)cc1C. The van der Waals surface area contributed by atoms with E-state index >= 15 is 0 Å². The van der Waals surface area contributed by atoms with Gasteiger partial charge in [0.15, 0.2) is 11.5 Å². The minimum atomic E-state index is -0.0975. The van der Waals surface area contributed by atoms with E-state index in [1.807, 2.05) is 48.7 Å². The van der Waals surface area contributed by atoms with E-state index in [9.17, 15) is 4.79 Å². The van der Waals surface area contributed by atoms with Gasteiger partial charge in [0, 0.05) is 24.2 Å². The third kappa shape index (κ3) is 3.22. The second-order valence-electron chi connectivity index (χ2n) is 6.56. The summed E-state index contributed by atoms with van der Waals surface area (Å²) in [6.07, 6.45) is 2.52. The Morgan fingerprint density at radius 1 is 1.12 bits per heavy atom. The Kier molecular flexibility index (Phi) is 4.24. The number of nitrogens with zero attached hydrogens (tertiary/aromatic N) is 2. The van der Waals surface area contributed by atoms with Crippen LogP contribution in [0.5, 0.6) is 11.5 Å². The highest BCUT2D eigenvalue weighted by molar-refractivity contribution is 5.92. The zero-order chi connectivity index (χ0) is 18.1. The Morgan fingerprint density at radius 3 is 2.65 bits per heavy atom. The number of fused-ring (bicyclic) bond motifs is 2. The van der Waals surface area contributed by atoms with Gasteiger partial charge in [-0.25, -0.2) is 4.98 Å². The van der Waals surface area contributed by atoms with E-state index in [0.29, 0.717) is 24.7 Å². The maximum absolute atomic E-state index is 12.4. The number of anilines is 1. The first kappa shape index (κ1) is 16.4. The van der Waals surface area contributed by atoms with Crippen LogP contribution in [0.4, 0.5) is 5.69 Å². The Labute approximate surface area is 151 Å². The summed E-state index contributed by atoms with van der Waals surface area (Å²) in [5, 5.41) is 2.94. The van der Waals surface area contributed by atoms with E-state index in [2.05, 4.69) is 10.3 Å². The average Bonchev–Trinajstić information content (AvgIpc) is 2.85. The number of carbonyl (C=O) groups is 1. The van der Waals surface area contributed by atoms with Gasteiger partial charge in [0.2, 0.25) is 5.91 Å². The van der Waals surface area contributed by atoms with E-state index in [1.54, 1.807) is 6.33 Å². The number of amides is 1. The number of hydrogen-bond acceptors (Lipinski definition) is 4. The lowest BCUT2D eigenvalue weighted by atomic mass is 10.1. The van der Waals surface area contributed by atoms with Gasteiger partial charge in [0.05, 0.1) is 30.6 Å². The zero-order valence-electron chi connectivity index (χ0n) is 14.9. The van der Waals surface area contributed by atoms with Crippen LogP contribution in [0.3, 0.4) is 0 Å². The van der Waals surface area contributed by atoms with Gasteiger partial charge in [-0.05, 0) is 37.1 Å². The summed E-state index contributed by atoms with van der Waals surface area (Å²) in [5.74, 6) is 1.31. The molecule has 0 saturated heterocycles. The number of aryl methyl sites for hydroxylation is 2. The van der Waals surface area contributed by atoms with Crippen molar-refractivity contribution in [3.8, 4) is 11.5 Å². The van der Waals surface area contributed by atoms with Crippen molar-refractivity contribution in [2.75, 3.05) is 18.5 Å². The first-order valence-electron chi connectivity index (χ1n) is 8.72. The fourth-order valence-electron chi connectivity index (χ4n) is 3.02. The van der Waals surface area contributed by atoms with Crippen molar-refractivity contribution in [3.63, 3.8) is 0 Å². The average molecular weight is 351 g/mol. The van der Waals surface area contributed by atoms with Crippen molar-refractivity contribution in [2.45, 2.75) is 26.8 Å². The Bertz CT molecular complexity index is 978. The summed E-state index contributed by atoms with van der Waals surface area (Å²) >= 11 is 0. The van der Waals surface area contributed by atoms with Crippen LogP contribution in [0.1, 0.15) is 17.5 Å². The fourth-order valence-corrected chi connectivity index (χ4v) is 3.02. The van der Waals surface area contributed by atoms with Gasteiger partial charge in [-0.2, -0.15) is 0 Å². The summed E-state index contributed by atoms with van der Waals surface area (Å²) in [4.78, 5) is 16.8. The highest BCUT2D eigenvalue weighted by Gasteiger charge is 2.15. The van der Waals surface area contributed by atoms with Crippen LogP contribution in [0.2, 0.25) is 0 Å². The van der Waals surface area contributed by atoms with Gasteiger partial charge in [-0.3, -0.25) is 4.79 Å². The van der Waals surface area contributed by atoms with Gasteiger partial charge in [-0.15, -0.1) is 0 Å². The molecule has 0 radical (unpaired) electrons. The number of nitrogens with one attached hydrogen (secondary N) is 1. The molecule has 134 valence electrons. The lowest BCUT2D eigenvalue weighted by molar-refractivity contribution is -0.116. The number of aromatic nitrogens is 2. The quantitative estimate of drug-likeness (QED) is 0.785. The molecule has 0 spiro atoms. The van der Waals surface area contributed by atoms with Crippen molar-refractivity contribution < 1.29 is 14.3 Å². The zero-order valence-corrected chi connectivity index (χ0v) is 14.9. The standard InChI is InChI=1S/C20H21N3O3/c1-13-4-5-15(8-14(13)2)22-20(24)11-23-12-21-16-9-18-19(10-17(16)23)26-7-3-6-25-18/h4-5,8-10,12H,3,6-7,11H2,1-2H3,(H,22,24). The lowest BCUT2D eigenvalue weighted by Gasteiger charge is -2.10. The van der Waals surface area contributed by atoms with Gasteiger partial charge in [-0.1, -0.05) is 6.07 Å². The highest BCUT2D eigenvalue weighted by atomic mass is 16.5. The molecular weight excluding hydrogens is 330 g/mol. The van der Waals surface area contributed by atoms with Crippen LogP contribution < -0.4 is 14.8 Å². The van der Waals surface area contributed by atoms with Crippen molar-refractivity contribution in [1.29, 1.82) is 0 Å². The predicted octanol–water partition coefficient (Wildman–Crippen LogP) is 3.45. The van der Waals surface area contributed by atoms with Gasteiger partial charge >= 0.3 is 0 Å². The van der Waals surface area contributed by atoms with E-state index in [0.717, 1.165) is 28.7 Å². The second kappa shape index (κ2) is 6.71. The number of rotatable bonds is 3. The van der Waals surface area contributed by atoms with E-state index in [4.69, 9.17) is 9.47 Å². The van der Waals surface area contributed by atoms with Gasteiger partial charge in [0.25, 0.3) is 0 Å². The third-order valence-corrected chi connectivity index (χ3v) is 4.59. The van der Waals surface area contributed by atoms with Crippen molar-refractivity contribution in [1.82, 2.24) is 9.55 Å². The summed E-state index contributed by atoms with van der Waals surface area (Å²) in [7, 11) is 0. The molecule has 1 aliphatic rings. The van der Waals surface area contributed by atoms with E-state index < -0.39 is 0 Å². The van der Waals surface area contributed by atoms with E-state index in [1.165, 1.54) is 5.56 Å². The molecule has 1 amide bonds. The molecule has 26 heavy (non-hydrogen) atoms. The first-order chi connectivity index (χ1) is 12.6. The molecule has 3 aromatic rings. The third-order valence-electron chi connectivity index (χ3n) is 4.59. The summed E-state index contributed by atoms with van der Waals surface area (Å²) in [5.41, 5.74) is 4.79. The summed E-state index contributed by atoms with van der Waals surface area (Å²) in [6.45, 7) is 5.52. The van der Waals surface area contributed by atoms with Crippen LogP contribution in [-0.2, 0) is 11.3 Å². The number of carbonyl (C=O) groups excluding carboxylic acids is 1. The smallest absolute Gasteiger partial charge is 0.244 e. The number of benzene rings is 2. The molecule has 0 bridgehead atoms. The Hall–Kier alpha value is -3.02. The fraction of sp³-hybridized carbons (Fsp3) is 0.300. The molecular formula is C20H21N3O3. The van der Waals surface area contributed by atoms with Crippen LogP contribution >= 0.6 is 0 Å². The monoisotopic (exact) mass is 351 g/mol. The summed E-state index contributed by atoms with van der Waals surface area (Å²) < 4.78 is 13.3. The van der Waals surface area contributed by atoms with Crippen molar-refractivity contribution in [3.05, 3.63) is 47.8 Å². The van der Waals surface area contributed by atoms with Crippen LogP contribution in [0, 0.1) is 13.8 Å². The molecule has 0 aliphatic carbocycles. The number of ether oxygens (including phenoxy) is 2. The van der Waals surface area contributed by atoms with Crippen molar-refractivity contribution in [2.24, 2.45) is 0 Å². The molecule has 0 saturated carbocycles. The topological polar surface area (TPSA) is 65.4 Å². The highest BCUT2D eigenvalue weighted by Crippen LogP contribution is 2.33. The molecule has 2 aromatic carbocycles. The largest absolute Gasteiger partial charge is 0.489 e. The molecule has 0 unspecified atom stereocenters. The molecule has 2 heterocycles. The molecule has 0 atom stereocenters. The Balaban J connectivity index is 1.55. The van der Waals surface area contributed by atoms with Gasteiger partial charge < -0.3 is 19.4 Å². The molecule has 1 N–H and O–H groups in total. The maximum Gasteiger partial charge on any atom is 0.244 e. The minimum Gasteiger partial charge on any atom is -0.489 e. The first-order valence-corrected chi connectivity index (χ1v) is 8.72. The second-order valence-corrected chi connectivity index (χ2v) is 6.56. The van der Waals surface area contributed by atoms with Gasteiger partial charge in [0.1, 0.15) is 6.54 Å². The summed E-state index contributed by atoms with van der Waals surface area (Å²) in [6, 6.07) is 9.66. The molecule has 0 fully saturated rings. The van der Waals surface area contributed by atoms with E-state index in [-0.39, 0.29) is 12.5 Å². The molecule has 4 rings (SSSR count). The lowest BCUT2D eigenvalue weighted by Crippen LogP contribution is -2.18. The normalized spacial score (nSPS) is 13.5. The molecule has 6 nitrogen and oxygen atoms in total. The van der Waals surface area contributed by atoms with Crippen LogP contribution in [-0.4, -0.2) is 28.7 Å². The van der Waals surface area contributed by atoms with Crippen LogP contribution in [0.25, 0.3) is 11.0 Å². The minimum absolute atomic E-state index is 0.0975. The molecule has 1 aromatic heterocycles. The number of hydrogen-bond donors (Lipinski definition) is 1. The maximum atomic E-state index is 12.4. The van der Waals surface area contributed by atoms with Crippen LogP contribution in [0.15, 0.2) is 36.7 Å². The molecule has 6 heteroatoms. The predicted molar refractivity (Wildman–Crippen MR) is 99.9 cm³/mol. The number of imidazole rings is 1.